The van der Waals surface area contributed by atoms with E-state index in [4.69, 9.17) is 5.73 Å². The van der Waals surface area contributed by atoms with E-state index in [-0.39, 0.29) is 0 Å². The molecule has 58 valence electrons. The second-order valence-electron chi connectivity index (χ2n) is 3.00. The number of hydrogen-bond acceptors (Lipinski definition) is 3. The first-order valence-corrected chi connectivity index (χ1v) is 3.93. The van der Waals surface area contributed by atoms with E-state index < -0.39 is 0 Å². The Hall–Kier alpha value is -1.12. The standard InChI is InChI=1S/C8H11N3/c9-7-4-10-8(11-5-7)6-2-1-3-6/h4-6H,1-3,9H2. The maximum atomic E-state index is 5.46. The van der Waals surface area contributed by atoms with Gasteiger partial charge < -0.3 is 5.73 Å². The van der Waals surface area contributed by atoms with Crippen LogP contribution in [0.4, 0.5) is 5.69 Å². The monoisotopic (exact) mass is 149 g/mol. The molecule has 1 aliphatic rings. The molecule has 2 rings (SSSR count). The van der Waals surface area contributed by atoms with Crippen LogP contribution in [0.15, 0.2) is 12.4 Å². The molecule has 0 spiro atoms. The summed E-state index contributed by atoms with van der Waals surface area (Å²) in [4.78, 5) is 8.33. The summed E-state index contributed by atoms with van der Waals surface area (Å²) in [7, 11) is 0. The average molecular weight is 149 g/mol. The van der Waals surface area contributed by atoms with Crippen LogP contribution in [0.2, 0.25) is 0 Å². The molecule has 1 saturated carbocycles. The SMILES string of the molecule is Nc1cnc(C2CCC2)nc1. The molecular weight excluding hydrogens is 138 g/mol. The third kappa shape index (κ3) is 1.18. The predicted octanol–water partition coefficient (Wildman–Crippen LogP) is 1.33. The molecule has 0 aliphatic heterocycles. The van der Waals surface area contributed by atoms with Gasteiger partial charge in [-0.05, 0) is 12.8 Å². The molecule has 3 nitrogen and oxygen atoms in total. The third-order valence-corrected chi connectivity index (χ3v) is 2.16. The number of nitrogens with two attached hydrogens (primary N) is 1. The highest BCUT2D eigenvalue weighted by Crippen LogP contribution is 2.33. The van der Waals surface area contributed by atoms with Gasteiger partial charge in [-0.3, -0.25) is 0 Å². The summed E-state index contributed by atoms with van der Waals surface area (Å²) in [6, 6.07) is 0. The summed E-state index contributed by atoms with van der Waals surface area (Å²) in [5.41, 5.74) is 6.11. The molecule has 2 N–H and O–H groups in total. The highest BCUT2D eigenvalue weighted by atomic mass is 14.9. The number of anilines is 1. The van der Waals surface area contributed by atoms with Gasteiger partial charge in [0.2, 0.25) is 0 Å². The maximum absolute atomic E-state index is 5.46. The van der Waals surface area contributed by atoms with Gasteiger partial charge >= 0.3 is 0 Å². The molecule has 3 heteroatoms. The van der Waals surface area contributed by atoms with Crippen molar-refractivity contribution in [2.75, 3.05) is 5.73 Å². The fourth-order valence-corrected chi connectivity index (χ4v) is 1.23. The minimum atomic E-state index is 0.607. The minimum absolute atomic E-state index is 0.607. The maximum Gasteiger partial charge on any atom is 0.131 e. The molecule has 1 aliphatic carbocycles. The molecule has 0 unspecified atom stereocenters. The van der Waals surface area contributed by atoms with Gasteiger partial charge in [0, 0.05) is 5.92 Å². The van der Waals surface area contributed by atoms with Crippen LogP contribution in [-0.2, 0) is 0 Å². The van der Waals surface area contributed by atoms with Gasteiger partial charge in [-0.25, -0.2) is 9.97 Å². The summed E-state index contributed by atoms with van der Waals surface area (Å²) < 4.78 is 0. The molecule has 11 heavy (non-hydrogen) atoms. The zero-order chi connectivity index (χ0) is 7.68. The highest BCUT2D eigenvalue weighted by molar-refractivity contribution is 5.30. The number of hydrogen-bond donors (Lipinski definition) is 1. The van der Waals surface area contributed by atoms with Crippen LogP contribution in [0.3, 0.4) is 0 Å². The molecule has 1 aromatic heterocycles. The smallest absolute Gasteiger partial charge is 0.131 e. The fourth-order valence-electron chi connectivity index (χ4n) is 1.23. The largest absolute Gasteiger partial charge is 0.396 e. The lowest BCUT2D eigenvalue weighted by Gasteiger charge is -2.23. The van der Waals surface area contributed by atoms with Crippen LogP contribution >= 0.6 is 0 Å². The minimum Gasteiger partial charge on any atom is -0.396 e. The van der Waals surface area contributed by atoms with E-state index in [9.17, 15) is 0 Å². The summed E-state index contributed by atoms with van der Waals surface area (Å²) >= 11 is 0. The molecule has 0 radical (unpaired) electrons. The normalized spacial score (nSPS) is 17.8. The van der Waals surface area contributed by atoms with Gasteiger partial charge in [-0.15, -0.1) is 0 Å². The van der Waals surface area contributed by atoms with Gasteiger partial charge in [0.15, 0.2) is 0 Å². The van der Waals surface area contributed by atoms with Crippen molar-refractivity contribution in [3.63, 3.8) is 0 Å². The molecule has 1 fully saturated rings. The Labute approximate surface area is 65.7 Å². The van der Waals surface area contributed by atoms with Crippen molar-refractivity contribution >= 4 is 5.69 Å². The van der Waals surface area contributed by atoms with Crippen molar-refractivity contribution < 1.29 is 0 Å². The van der Waals surface area contributed by atoms with Crippen molar-refractivity contribution in [3.8, 4) is 0 Å². The van der Waals surface area contributed by atoms with Crippen LogP contribution in [0, 0.1) is 0 Å². The molecule has 0 aromatic carbocycles. The number of rotatable bonds is 1. The van der Waals surface area contributed by atoms with Crippen molar-refractivity contribution in [3.05, 3.63) is 18.2 Å². The van der Waals surface area contributed by atoms with Gasteiger partial charge in [-0.1, -0.05) is 6.42 Å². The van der Waals surface area contributed by atoms with E-state index >= 15 is 0 Å². The molecule has 1 heterocycles. The first-order valence-electron chi connectivity index (χ1n) is 3.93. The van der Waals surface area contributed by atoms with E-state index in [0.29, 0.717) is 11.6 Å². The van der Waals surface area contributed by atoms with Gasteiger partial charge in [0.1, 0.15) is 5.82 Å². The van der Waals surface area contributed by atoms with Crippen molar-refractivity contribution in [1.82, 2.24) is 9.97 Å². The summed E-state index contributed by atoms with van der Waals surface area (Å²) in [6.07, 6.45) is 7.16. The second kappa shape index (κ2) is 2.49. The summed E-state index contributed by atoms with van der Waals surface area (Å²) in [5, 5.41) is 0. The lowest BCUT2D eigenvalue weighted by atomic mass is 9.85. The Balaban J connectivity index is 2.18. The van der Waals surface area contributed by atoms with Crippen LogP contribution in [0.5, 0.6) is 0 Å². The summed E-state index contributed by atoms with van der Waals surface area (Å²) in [6.45, 7) is 0. The first kappa shape index (κ1) is 6.58. The number of nitrogens with zero attached hydrogens (tertiary/aromatic N) is 2. The van der Waals surface area contributed by atoms with Gasteiger partial charge in [0.05, 0.1) is 18.1 Å². The van der Waals surface area contributed by atoms with Crippen LogP contribution in [0.1, 0.15) is 31.0 Å². The van der Waals surface area contributed by atoms with E-state index in [1.54, 1.807) is 12.4 Å². The molecule has 0 bridgehead atoms. The Morgan fingerprint density at radius 2 is 1.91 bits per heavy atom. The van der Waals surface area contributed by atoms with E-state index in [2.05, 4.69) is 9.97 Å². The van der Waals surface area contributed by atoms with E-state index in [1.165, 1.54) is 19.3 Å². The quantitative estimate of drug-likeness (QED) is 0.655. The van der Waals surface area contributed by atoms with Gasteiger partial charge in [-0.2, -0.15) is 0 Å². The highest BCUT2D eigenvalue weighted by Gasteiger charge is 2.21. The van der Waals surface area contributed by atoms with Crippen LogP contribution in [0.25, 0.3) is 0 Å². The Bertz CT molecular complexity index is 238. The predicted molar refractivity (Wildman–Crippen MR) is 43.0 cm³/mol. The number of nitrogen functional groups attached to an aromatic ring is 1. The first-order chi connectivity index (χ1) is 5.36. The van der Waals surface area contributed by atoms with Gasteiger partial charge in [0.25, 0.3) is 0 Å². The van der Waals surface area contributed by atoms with Crippen LogP contribution in [-0.4, -0.2) is 9.97 Å². The second-order valence-corrected chi connectivity index (χ2v) is 3.00. The lowest BCUT2D eigenvalue weighted by molar-refractivity contribution is 0.401. The Morgan fingerprint density at radius 1 is 1.27 bits per heavy atom. The summed E-state index contributed by atoms with van der Waals surface area (Å²) in [5.74, 6) is 1.57. The Kier molecular flexibility index (Phi) is 1.49. The third-order valence-electron chi connectivity index (χ3n) is 2.16. The molecule has 0 atom stereocenters. The van der Waals surface area contributed by atoms with Crippen molar-refractivity contribution in [2.24, 2.45) is 0 Å². The number of aromatic nitrogens is 2. The van der Waals surface area contributed by atoms with E-state index in [0.717, 1.165) is 5.82 Å². The topological polar surface area (TPSA) is 51.8 Å². The molecular formula is C8H11N3. The van der Waals surface area contributed by atoms with Crippen LogP contribution < -0.4 is 5.73 Å². The Morgan fingerprint density at radius 3 is 2.36 bits per heavy atom. The van der Waals surface area contributed by atoms with E-state index in [1.807, 2.05) is 0 Å². The zero-order valence-corrected chi connectivity index (χ0v) is 6.33. The molecule has 1 aromatic rings. The zero-order valence-electron chi connectivity index (χ0n) is 6.33. The van der Waals surface area contributed by atoms with Crippen molar-refractivity contribution in [1.29, 1.82) is 0 Å². The average Bonchev–Trinajstić information content (AvgIpc) is 1.90. The van der Waals surface area contributed by atoms with Crippen molar-refractivity contribution in [2.45, 2.75) is 25.2 Å². The molecule has 0 amide bonds. The lowest BCUT2D eigenvalue weighted by Crippen LogP contribution is -2.12. The fraction of sp³-hybridized carbons (Fsp3) is 0.500. The molecule has 0 saturated heterocycles.